The van der Waals surface area contributed by atoms with E-state index in [1.54, 1.807) is 49.5 Å². The van der Waals surface area contributed by atoms with Crippen LogP contribution in [0.4, 0.5) is 4.79 Å². The standard InChI is InChI=1S/C31H28N4O6/c1-3-41-27(36)25-24(20-13-15-22(40-2)16-14-20)31(26-23-12-8-7-11-21(23)17-32-35(25)26)28(37)33-30(39)34(29(31)38)18-19-9-5-4-6-10-19/h4-17,24-26H,3,18H2,1-2H3,(H,33,37,39)/t24-,25-,26+,31-/m0/s1. The van der Waals surface area contributed by atoms with Crippen LogP contribution in [0.5, 0.6) is 5.75 Å². The average Bonchev–Trinajstić information content (AvgIpc) is 3.32. The van der Waals surface area contributed by atoms with Crippen LogP contribution in [0.1, 0.15) is 41.1 Å². The number of esters is 1. The van der Waals surface area contributed by atoms with E-state index >= 15 is 0 Å². The molecule has 3 heterocycles. The molecule has 4 atom stereocenters. The van der Waals surface area contributed by atoms with Gasteiger partial charge in [0.25, 0.3) is 0 Å². The Morgan fingerprint density at radius 2 is 1.68 bits per heavy atom. The third kappa shape index (κ3) is 3.97. The molecule has 10 heteroatoms. The Balaban J connectivity index is 1.61. The molecule has 41 heavy (non-hydrogen) atoms. The number of rotatable bonds is 6. The van der Waals surface area contributed by atoms with E-state index in [-0.39, 0.29) is 13.2 Å². The first kappa shape index (κ1) is 26.2. The molecule has 2 saturated heterocycles. The number of benzene rings is 3. The number of hydrazone groups is 1. The molecular weight excluding hydrogens is 524 g/mol. The Morgan fingerprint density at radius 3 is 2.39 bits per heavy atom. The molecule has 0 aromatic heterocycles. The number of imide groups is 2. The van der Waals surface area contributed by atoms with Crippen LogP contribution in [0.25, 0.3) is 0 Å². The van der Waals surface area contributed by atoms with Crippen molar-refractivity contribution in [1.29, 1.82) is 0 Å². The first-order chi connectivity index (χ1) is 19.9. The zero-order valence-corrected chi connectivity index (χ0v) is 22.5. The minimum Gasteiger partial charge on any atom is -0.497 e. The van der Waals surface area contributed by atoms with E-state index in [4.69, 9.17) is 9.47 Å². The highest BCUT2D eigenvalue weighted by atomic mass is 16.5. The van der Waals surface area contributed by atoms with Gasteiger partial charge in [-0.2, -0.15) is 5.10 Å². The molecule has 208 valence electrons. The molecule has 3 aliphatic heterocycles. The van der Waals surface area contributed by atoms with Crippen molar-refractivity contribution in [2.24, 2.45) is 10.5 Å². The van der Waals surface area contributed by atoms with Crippen LogP contribution in [0.3, 0.4) is 0 Å². The minimum absolute atomic E-state index is 0.0580. The Morgan fingerprint density at radius 1 is 0.976 bits per heavy atom. The first-order valence-electron chi connectivity index (χ1n) is 13.3. The predicted octanol–water partition coefficient (Wildman–Crippen LogP) is 3.38. The number of amides is 4. The molecule has 0 saturated carbocycles. The van der Waals surface area contributed by atoms with Crippen molar-refractivity contribution in [1.82, 2.24) is 15.2 Å². The third-order valence-corrected chi connectivity index (χ3v) is 8.03. The maximum atomic E-state index is 14.9. The zero-order chi connectivity index (χ0) is 28.7. The van der Waals surface area contributed by atoms with Gasteiger partial charge in [-0.05, 0) is 41.3 Å². The number of ether oxygens (including phenoxy) is 2. The summed E-state index contributed by atoms with van der Waals surface area (Å²) in [6, 6.07) is 20.3. The van der Waals surface area contributed by atoms with Gasteiger partial charge in [0.15, 0.2) is 11.5 Å². The molecule has 3 aromatic carbocycles. The highest BCUT2D eigenvalue weighted by Gasteiger charge is 2.73. The second-order valence-electron chi connectivity index (χ2n) is 10.1. The van der Waals surface area contributed by atoms with Gasteiger partial charge in [0.05, 0.1) is 32.5 Å². The van der Waals surface area contributed by atoms with Gasteiger partial charge in [-0.1, -0.05) is 66.7 Å². The molecular formula is C31H28N4O6. The largest absolute Gasteiger partial charge is 0.497 e. The molecule has 2 fully saturated rings. The van der Waals surface area contributed by atoms with Gasteiger partial charge in [0.1, 0.15) is 5.75 Å². The monoisotopic (exact) mass is 552 g/mol. The molecule has 3 aliphatic rings. The van der Waals surface area contributed by atoms with Crippen LogP contribution in [-0.2, 0) is 25.7 Å². The van der Waals surface area contributed by atoms with Gasteiger partial charge in [-0.3, -0.25) is 24.8 Å². The Hall–Kier alpha value is -4.99. The van der Waals surface area contributed by atoms with Crippen LogP contribution in [0, 0.1) is 5.41 Å². The van der Waals surface area contributed by atoms with E-state index in [0.717, 1.165) is 4.90 Å². The van der Waals surface area contributed by atoms with E-state index in [1.807, 2.05) is 42.5 Å². The molecule has 0 radical (unpaired) electrons. The highest BCUT2D eigenvalue weighted by molar-refractivity contribution is 6.21. The predicted molar refractivity (Wildman–Crippen MR) is 148 cm³/mol. The van der Waals surface area contributed by atoms with Crippen molar-refractivity contribution >= 4 is 30.0 Å². The molecule has 1 N–H and O–H groups in total. The lowest BCUT2D eigenvalue weighted by atomic mass is 9.64. The summed E-state index contributed by atoms with van der Waals surface area (Å²) in [5.74, 6) is -2.61. The average molecular weight is 553 g/mol. The van der Waals surface area contributed by atoms with Crippen molar-refractivity contribution in [3.8, 4) is 5.75 Å². The van der Waals surface area contributed by atoms with Crippen molar-refractivity contribution < 1.29 is 28.7 Å². The minimum atomic E-state index is -1.94. The lowest BCUT2D eigenvalue weighted by molar-refractivity contribution is -0.155. The number of carbonyl (C=O) groups is 4. The molecule has 4 amide bonds. The van der Waals surface area contributed by atoms with E-state index < -0.39 is 47.2 Å². The lowest BCUT2D eigenvalue weighted by Crippen LogP contribution is -2.66. The third-order valence-electron chi connectivity index (χ3n) is 8.03. The number of carbonyl (C=O) groups excluding carboxylic acids is 4. The number of hydrogen-bond donors (Lipinski definition) is 1. The van der Waals surface area contributed by atoms with Gasteiger partial charge >= 0.3 is 12.0 Å². The highest BCUT2D eigenvalue weighted by Crippen LogP contribution is 2.61. The van der Waals surface area contributed by atoms with Gasteiger partial charge < -0.3 is 9.47 Å². The number of methoxy groups -OCH3 is 1. The van der Waals surface area contributed by atoms with Gasteiger partial charge in [-0.15, -0.1) is 0 Å². The van der Waals surface area contributed by atoms with Gasteiger partial charge in [0.2, 0.25) is 11.8 Å². The smallest absolute Gasteiger partial charge is 0.331 e. The maximum absolute atomic E-state index is 14.9. The first-order valence-corrected chi connectivity index (χ1v) is 13.3. The Bertz CT molecular complexity index is 1560. The number of hydrogen-bond acceptors (Lipinski definition) is 8. The molecule has 0 bridgehead atoms. The second kappa shape index (κ2) is 10.2. The SMILES string of the molecule is CCOC(=O)[C@@H]1[C@H](c2ccc(OC)cc2)[C@@]2(C(=O)NC(=O)N(Cc3ccccc3)C2=O)[C@H]2c3ccccc3C=NN12. The molecule has 3 aromatic rings. The fourth-order valence-corrected chi connectivity index (χ4v) is 6.31. The molecule has 6 rings (SSSR count). The van der Waals surface area contributed by atoms with E-state index in [1.165, 1.54) is 12.1 Å². The summed E-state index contributed by atoms with van der Waals surface area (Å²) < 4.78 is 10.8. The van der Waals surface area contributed by atoms with E-state index in [2.05, 4.69) is 10.4 Å². The molecule has 1 spiro atoms. The molecule has 0 unspecified atom stereocenters. The van der Waals surface area contributed by atoms with Crippen LogP contribution >= 0.6 is 0 Å². The van der Waals surface area contributed by atoms with E-state index in [9.17, 15) is 19.2 Å². The number of nitrogens with one attached hydrogen (secondary N) is 1. The van der Waals surface area contributed by atoms with Crippen molar-refractivity contribution in [3.05, 3.63) is 101 Å². The number of fused-ring (bicyclic) bond motifs is 4. The van der Waals surface area contributed by atoms with Crippen LogP contribution in [0.2, 0.25) is 0 Å². The number of urea groups is 1. The van der Waals surface area contributed by atoms with Gasteiger partial charge in [-0.25, -0.2) is 9.59 Å². The fourth-order valence-electron chi connectivity index (χ4n) is 6.31. The summed E-state index contributed by atoms with van der Waals surface area (Å²) in [6.07, 6.45) is 1.61. The quantitative estimate of drug-likeness (QED) is 0.368. The summed E-state index contributed by atoms with van der Waals surface area (Å²) >= 11 is 0. The Labute approximate surface area is 236 Å². The topological polar surface area (TPSA) is 118 Å². The van der Waals surface area contributed by atoms with Crippen LogP contribution in [0.15, 0.2) is 84.0 Å². The van der Waals surface area contributed by atoms with Crippen LogP contribution < -0.4 is 10.1 Å². The normalized spacial score (nSPS) is 24.6. The molecule has 10 nitrogen and oxygen atoms in total. The van der Waals surface area contributed by atoms with Crippen LogP contribution in [-0.4, -0.2) is 59.7 Å². The van der Waals surface area contributed by atoms with Crippen molar-refractivity contribution in [2.45, 2.75) is 31.5 Å². The number of barbiturate groups is 1. The Kier molecular flexibility index (Phi) is 6.53. The number of nitrogens with zero attached hydrogens (tertiary/aromatic N) is 3. The summed E-state index contributed by atoms with van der Waals surface area (Å²) in [4.78, 5) is 57.2. The fraction of sp³-hybridized carbons (Fsp3) is 0.258. The van der Waals surface area contributed by atoms with Crippen molar-refractivity contribution in [2.75, 3.05) is 13.7 Å². The summed E-state index contributed by atoms with van der Waals surface area (Å²) in [7, 11) is 1.53. The maximum Gasteiger partial charge on any atom is 0.331 e. The molecule has 0 aliphatic carbocycles. The van der Waals surface area contributed by atoms with E-state index in [0.29, 0.717) is 28.0 Å². The van der Waals surface area contributed by atoms with Gasteiger partial charge in [0, 0.05) is 5.92 Å². The summed E-state index contributed by atoms with van der Waals surface area (Å²) in [5, 5.41) is 8.59. The summed E-state index contributed by atoms with van der Waals surface area (Å²) in [6.45, 7) is 1.73. The lowest BCUT2D eigenvalue weighted by Gasteiger charge is -2.44. The van der Waals surface area contributed by atoms with Crippen molar-refractivity contribution in [3.63, 3.8) is 0 Å². The summed E-state index contributed by atoms with van der Waals surface area (Å²) in [5.41, 5.74) is 0.648. The zero-order valence-electron chi connectivity index (χ0n) is 22.5. The second-order valence-corrected chi connectivity index (χ2v) is 10.1.